The first-order valence-corrected chi connectivity index (χ1v) is 12.2. The van der Waals surface area contributed by atoms with Crippen molar-refractivity contribution in [3.05, 3.63) is 35.4 Å². The van der Waals surface area contributed by atoms with Gasteiger partial charge in [0.15, 0.2) is 11.6 Å². The number of rotatable bonds is 9. The molecular formula is C27H42F2O5. The van der Waals surface area contributed by atoms with E-state index in [1.165, 1.54) is 12.1 Å². The van der Waals surface area contributed by atoms with Crippen LogP contribution in [-0.4, -0.2) is 45.7 Å². The molecule has 1 fully saturated rings. The Hall–Kier alpha value is -2.01. The molecule has 1 aromatic rings. The topological polar surface area (TPSA) is 98.0 Å². The lowest BCUT2D eigenvalue weighted by Gasteiger charge is -2.24. The third kappa shape index (κ3) is 11.9. The van der Waals surface area contributed by atoms with Crippen molar-refractivity contribution in [2.45, 2.75) is 90.8 Å². The number of carboxylic acid groups (broad SMARTS) is 1. The van der Waals surface area contributed by atoms with Gasteiger partial charge in [0.25, 0.3) is 0 Å². The molecule has 0 amide bonds. The molecule has 1 saturated carbocycles. The normalized spacial score (nSPS) is 21.8. The molecule has 0 heterocycles. The number of carboxylic acids is 1. The molecule has 5 nitrogen and oxygen atoms in total. The van der Waals surface area contributed by atoms with Crippen molar-refractivity contribution in [2.75, 3.05) is 7.11 Å². The number of unbranched alkanes of at least 4 members (excludes halogenated alkanes) is 2. The van der Waals surface area contributed by atoms with Crippen LogP contribution < -0.4 is 0 Å². The number of hydrogen-bond acceptors (Lipinski definition) is 4. The molecule has 5 atom stereocenters. The molecular weight excluding hydrogens is 442 g/mol. The summed E-state index contributed by atoms with van der Waals surface area (Å²) in [5.41, 5.74) is -0.0375. The SMILES string of the molecule is CCCCC(=O)O.CCCC[C@@H]1[C@@H](CCC(O)C#Cc2cccc(F)c2F)[C@H](C)C[C@@H]1O.CO. The van der Waals surface area contributed by atoms with E-state index in [4.69, 9.17) is 10.2 Å². The molecule has 7 heteroatoms. The Morgan fingerprint density at radius 2 is 1.76 bits per heavy atom. The predicted molar refractivity (Wildman–Crippen MR) is 130 cm³/mol. The van der Waals surface area contributed by atoms with Gasteiger partial charge in [-0.25, -0.2) is 8.78 Å². The summed E-state index contributed by atoms with van der Waals surface area (Å²) in [6.45, 7) is 6.27. The molecule has 0 radical (unpaired) electrons. The summed E-state index contributed by atoms with van der Waals surface area (Å²) in [6.07, 6.45) is 6.26. The molecule has 34 heavy (non-hydrogen) atoms. The number of benzene rings is 1. The van der Waals surface area contributed by atoms with E-state index in [1.807, 2.05) is 6.92 Å². The first-order valence-electron chi connectivity index (χ1n) is 12.2. The lowest BCUT2D eigenvalue weighted by atomic mass is 9.82. The molecule has 4 N–H and O–H groups in total. The second-order valence-electron chi connectivity index (χ2n) is 8.71. The van der Waals surface area contributed by atoms with E-state index < -0.39 is 23.7 Å². The molecule has 2 rings (SSSR count). The third-order valence-electron chi connectivity index (χ3n) is 6.12. The zero-order valence-electron chi connectivity index (χ0n) is 20.9. The van der Waals surface area contributed by atoms with Crippen molar-refractivity contribution >= 4 is 5.97 Å². The number of aliphatic carboxylic acids is 1. The van der Waals surface area contributed by atoms with E-state index >= 15 is 0 Å². The molecule has 0 spiro atoms. The fourth-order valence-corrected chi connectivity index (χ4v) is 4.29. The molecule has 0 bridgehead atoms. The van der Waals surface area contributed by atoms with E-state index in [9.17, 15) is 23.8 Å². The summed E-state index contributed by atoms with van der Waals surface area (Å²) in [5, 5.41) is 35.4. The minimum absolute atomic E-state index is 0.0375. The molecule has 1 aliphatic carbocycles. The Morgan fingerprint density at radius 3 is 2.32 bits per heavy atom. The monoisotopic (exact) mass is 484 g/mol. The number of hydrogen-bond donors (Lipinski definition) is 4. The Balaban J connectivity index is 0.00000104. The summed E-state index contributed by atoms with van der Waals surface area (Å²) >= 11 is 0. The number of aliphatic hydroxyl groups is 3. The van der Waals surface area contributed by atoms with E-state index in [1.54, 1.807) is 0 Å². The number of aliphatic hydroxyl groups excluding tert-OH is 3. The van der Waals surface area contributed by atoms with Gasteiger partial charge in [-0.1, -0.05) is 57.9 Å². The largest absolute Gasteiger partial charge is 0.481 e. The Kier molecular flexibility index (Phi) is 17.3. The molecule has 0 aromatic heterocycles. The fraction of sp³-hybridized carbons (Fsp3) is 0.667. The fourth-order valence-electron chi connectivity index (χ4n) is 4.29. The van der Waals surface area contributed by atoms with Gasteiger partial charge in [0.05, 0.1) is 11.7 Å². The average molecular weight is 485 g/mol. The van der Waals surface area contributed by atoms with Crippen LogP contribution in [0.5, 0.6) is 0 Å². The third-order valence-corrected chi connectivity index (χ3v) is 6.12. The van der Waals surface area contributed by atoms with E-state index in [-0.39, 0.29) is 17.6 Å². The molecule has 1 unspecified atom stereocenters. The molecule has 0 saturated heterocycles. The molecule has 1 aromatic carbocycles. The van der Waals surface area contributed by atoms with Crippen LogP contribution >= 0.6 is 0 Å². The maximum Gasteiger partial charge on any atom is 0.303 e. The van der Waals surface area contributed by atoms with E-state index in [0.29, 0.717) is 24.7 Å². The highest BCUT2D eigenvalue weighted by Gasteiger charge is 2.39. The summed E-state index contributed by atoms with van der Waals surface area (Å²) in [5.74, 6) is 3.63. The second-order valence-corrected chi connectivity index (χ2v) is 8.71. The Morgan fingerprint density at radius 1 is 1.12 bits per heavy atom. The minimum Gasteiger partial charge on any atom is -0.481 e. The van der Waals surface area contributed by atoms with Crippen molar-refractivity contribution in [3.8, 4) is 11.8 Å². The van der Waals surface area contributed by atoms with Gasteiger partial charge >= 0.3 is 5.97 Å². The van der Waals surface area contributed by atoms with Gasteiger partial charge in [-0.3, -0.25) is 4.79 Å². The zero-order valence-corrected chi connectivity index (χ0v) is 20.9. The van der Waals surface area contributed by atoms with Gasteiger partial charge in [-0.2, -0.15) is 0 Å². The van der Waals surface area contributed by atoms with Crippen molar-refractivity contribution in [2.24, 2.45) is 17.8 Å². The van der Waals surface area contributed by atoms with E-state index in [0.717, 1.165) is 58.1 Å². The molecule has 0 aliphatic heterocycles. The van der Waals surface area contributed by atoms with Gasteiger partial charge < -0.3 is 20.4 Å². The van der Waals surface area contributed by atoms with Gasteiger partial charge in [0.1, 0.15) is 6.10 Å². The van der Waals surface area contributed by atoms with Crippen LogP contribution in [0.2, 0.25) is 0 Å². The van der Waals surface area contributed by atoms with Crippen LogP contribution in [0.25, 0.3) is 0 Å². The number of carbonyl (C=O) groups is 1. The Labute approximate surface area is 203 Å². The van der Waals surface area contributed by atoms with Gasteiger partial charge in [0, 0.05) is 13.5 Å². The van der Waals surface area contributed by atoms with Gasteiger partial charge in [-0.15, -0.1) is 0 Å². The maximum absolute atomic E-state index is 13.6. The molecule has 194 valence electrons. The number of halogens is 2. The first kappa shape index (κ1) is 32.0. The lowest BCUT2D eigenvalue weighted by molar-refractivity contribution is -0.137. The summed E-state index contributed by atoms with van der Waals surface area (Å²) in [6, 6.07) is 3.84. The smallest absolute Gasteiger partial charge is 0.303 e. The first-order chi connectivity index (χ1) is 16.2. The quantitative estimate of drug-likeness (QED) is 0.364. The highest BCUT2D eigenvalue weighted by atomic mass is 19.2. The van der Waals surface area contributed by atoms with Crippen molar-refractivity contribution in [3.63, 3.8) is 0 Å². The van der Waals surface area contributed by atoms with Crippen molar-refractivity contribution in [1.82, 2.24) is 0 Å². The summed E-state index contributed by atoms with van der Waals surface area (Å²) in [7, 11) is 1.00. The maximum atomic E-state index is 13.6. The highest BCUT2D eigenvalue weighted by molar-refractivity contribution is 5.66. The van der Waals surface area contributed by atoms with Gasteiger partial charge in [0.2, 0.25) is 0 Å². The summed E-state index contributed by atoms with van der Waals surface area (Å²) < 4.78 is 26.7. The van der Waals surface area contributed by atoms with Crippen LogP contribution in [0.15, 0.2) is 18.2 Å². The average Bonchev–Trinajstić information content (AvgIpc) is 3.09. The van der Waals surface area contributed by atoms with Crippen LogP contribution in [0.3, 0.4) is 0 Å². The van der Waals surface area contributed by atoms with Crippen LogP contribution in [-0.2, 0) is 4.79 Å². The minimum atomic E-state index is -0.977. The zero-order chi connectivity index (χ0) is 26.1. The van der Waals surface area contributed by atoms with Gasteiger partial charge in [-0.05, 0) is 62.0 Å². The second kappa shape index (κ2) is 18.3. The molecule has 1 aliphatic rings. The van der Waals surface area contributed by atoms with Crippen LogP contribution in [0, 0.1) is 41.2 Å². The lowest BCUT2D eigenvalue weighted by Crippen LogP contribution is -2.21. The predicted octanol–water partition coefficient (Wildman–Crippen LogP) is 5.15. The standard InChI is InChI=1S/C21H28F2O2.C5H10O2.CH4O/c1-3-4-7-18-17(14(2)13-20(18)25)12-11-16(24)10-9-15-6-5-8-19(22)21(15)23;1-2-3-4-5(6)7;1-2/h5-6,8,14,16-18,20,24-25H,3-4,7,11-13H2,1-2H3;2-4H2,1H3,(H,6,7);2H,1H3/t14-,16?,17+,18-,20+;;/m1../s1. The summed E-state index contributed by atoms with van der Waals surface area (Å²) in [4.78, 5) is 9.76. The van der Waals surface area contributed by atoms with E-state index in [2.05, 4.69) is 25.7 Å². The van der Waals surface area contributed by atoms with Crippen LogP contribution in [0.4, 0.5) is 8.78 Å². The van der Waals surface area contributed by atoms with Crippen molar-refractivity contribution < 1.29 is 34.0 Å². The van der Waals surface area contributed by atoms with Crippen molar-refractivity contribution in [1.29, 1.82) is 0 Å². The van der Waals surface area contributed by atoms with Crippen LogP contribution in [0.1, 0.15) is 84.1 Å². The highest BCUT2D eigenvalue weighted by Crippen LogP contribution is 2.42. The Bertz CT molecular complexity index is 759.